The van der Waals surface area contributed by atoms with Gasteiger partial charge in [-0.2, -0.15) is 0 Å². The van der Waals surface area contributed by atoms with Crippen LogP contribution in [0.2, 0.25) is 0 Å². The third kappa shape index (κ3) is 3.36. The van der Waals surface area contributed by atoms with Crippen LogP contribution < -0.4 is 5.32 Å². The first kappa shape index (κ1) is 15.0. The van der Waals surface area contributed by atoms with Crippen LogP contribution in [0.3, 0.4) is 0 Å². The number of carbonyl (C=O) groups is 1. The Bertz CT molecular complexity index is 679. The second-order valence-electron chi connectivity index (χ2n) is 4.17. The van der Waals surface area contributed by atoms with Crippen LogP contribution in [-0.4, -0.2) is 5.91 Å². The van der Waals surface area contributed by atoms with Gasteiger partial charge in [0.2, 0.25) is 0 Å². The van der Waals surface area contributed by atoms with Crippen LogP contribution in [0, 0.1) is 29.1 Å². The molecule has 0 heterocycles. The fraction of sp³-hybridized carbons (Fsp3) is 0.0714. The van der Waals surface area contributed by atoms with E-state index in [2.05, 4.69) is 5.32 Å². The van der Waals surface area contributed by atoms with Gasteiger partial charge in [-0.25, -0.2) is 22.0 Å². The topological polar surface area (TPSA) is 29.1 Å². The lowest BCUT2D eigenvalue weighted by atomic mass is 10.1. The Morgan fingerprint density at radius 1 is 0.905 bits per heavy atom. The SMILES string of the molecule is O=C(NCc1ccc(F)cc1F)c1cc(F)c(F)c(F)c1. The van der Waals surface area contributed by atoms with E-state index in [1.807, 2.05) is 0 Å². The van der Waals surface area contributed by atoms with Crippen LogP contribution in [0.15, 0.2) is 30.3 Å². The van der Waals surface area contributed by atoms with Crippen molar-refractivity contribution < 1.29 is 26.7 Å². The Morgan fingerprint density at radius 2 is 1.52 bits per heavy atom. The number of amides is 1. The van der Waals surface area contributed by atoms with Gasteiger partial charge in [-0.3, -0.25) is 4.79 Å². The fourth-order valence-corrected chi connectivity index (χ4v) is 1.63. The molecule has 0 saturated heterocycles. The number of nitrogens with one attached hydrogen (secondary N) is 1. The van der Waals surface area contributed by atoms with Crippen molar-refractivity contribution in [1.29, 1.82) is 0 Å². The Balaban J connectivity index is 2.12. The van der Waals surface area contributed by atoms with Gasteiger partial charge in [-0.1, -0.05) is 6.07 Å². The second kappa shape index (κ2) is 5.90. The zero-order valence-corrected chi connectivity index (χ0v) is 10.4. The summed E-state index contributed by atoms with van der Waals surface area (Å²) in [7, 11) is 0. The highest BCUT2D eigenvalue weighted by Crippen LogP contribution is 2.14. The molecule has 2 nitrogen and oxygen atoms in total. The van der Waals surface area contributed by atoms with E-state index >= 15 is 0 Å². The molecule has 2 aromatic carbocycles. The maximum absolute atomic E-state index is 13.3. The summed E-state index contributed by atoms with van der Waals surface area (Å²) in [5.41, 5.74) is -0.457. The minimum absolute atomic E-state index is 0.00666. The molecule has 0 saturated carbocycles. The molecule has 0 aliphatic carbocycles. The first-order chi connectivity index (χ1) is 9.88. The molecule has 0 atom stereocenters. The number of hydrogen-bond donors (Lipinski definition) is 1. The normalized spacial score (nSPS) is 10.5. The van der Waals surface area contributed by atoms with Crippen molar-refractivity contribution in [2.75, 3.05) is 0 Å². The van der Waals surface area contributed by atoms with Crippen molar-refractivity contribution >= 4 is 5.91 Å². The van der Waals surface area contributed by atoms with Crippen molar-refractivity contribution in [1.82, 2.24) is 5.32 Å². The molecule has 1 N–H and O–H groups in total. The van der Waals surface area contributed by atoms with Crippen molar-refractivity contribution in [3.63, 3.8) is 0 Å². The van der Waals surface area contributed by atoms with Crippen molar-refractivity contribution in [2.24, 2.45) is 0 Å². The number of rotatable bonds is 3. The molecule has 1 amide bonds. The third-order valence-electron chi connectivity index (χ3n) is 2.70. The molecule has 7 heteroatoms. The third-order valence-corrected chi connectivity index (χ3v) is 2.70. The number of benzene rings is 2. The van der Waals surface area contributed by atoms with Gasteiger partial charge < -0.3 is 5.32 Å². The first-order valence-electron chi connectivity index (χ1n) is 5.75. The van der Waals surface area contributed by atoms with Crippen LogP contribution >= 0.6 is 0 Å². The summed E-state index contributed by atoms with van der Waals surface area (Å²) in [6.07, 6.45) is 0. The highest BCUT2D eigenvalue weighted by Gasteiger charge is 2.15. The molecule has 0 aromatic heterocycles. The van der Waals surface area contributed by atoms with E-state index < -0.39 is 40.6 Å². The predicted molar refractivity (Wildman–Crippen MR) is 63.8 cm³/mol. The molecule has 2 rings (SSSR count). The average molecular weight is 301 g/mol. The summed E-state index contributed by atoms with van der Waals surface area (Å²) in [6.45, 7) is -0.314. The van der Waals surface area contributed by atoms with Gasteiger partial charge in [-0.15, -0.1) is 0 Å². The first-order valence-corrected chi connectivity index (χ1v) is 5.75. The standard InChI is InChI=1S/C14H8F5NO/c15-9-2-1-7(10(16)5-9)6-20-14(21)8-3-11(17)13(19)12(18)4-8/h1-5H,6H2,(H,20,21). The Morgan fingerprint density at radius 3 is 2.10 bits per heavy atom. The van der Waals surface area contributed by atoms with E-state index in [0.717, 1.165) is 12.1 Å². The quantitative estimate of drug-likeness (QED) is 0.684. The summed E-state index contributed by atoms with van der Waals surface area (Å²) in [4.78, 5) is 11.6. The van der Waals surface area contributed by atoms with E-state index in [-0.39, 0.29) is 12.1 Å². The predicted octanol–water partition coefficient (Wildman–Crippen LogP) is 3.31. The van der Waals surface area contributed by atoms with Gasteiger partial charge in [0, 0.05) is 23.7 Å². The Hall–Kier alpha value is -2.44. The van der Waals surface area contributed by atoms with Crippen molar-refractivity contribution in [3.8, 4) is 0 Å². The summed E-state index contributed by atoms with van der Waals surface area (Å²) in [5, 5.41) is 2.19. The van der Waals surface area contributed by atoms with Gasteiger partial charge >= 0.3 is 0 Å². The van der Waals surface area contributed by atoms with Crippen molar-refractivity contribution in [3.05, 3.63) is 70.5 Å². The molecule has 0 radical (unpaired) electrons. The van der Waals surface area contributed by atoms with Crippen LogP contribution in [0.1, 0.15) is 15.9 Å². The molecule has 0 spiro atoms. The van der Waals surface area contributed by atoms with E-state index in [1.165, 1.54) is 0 Å². The second-order valence-corrected chi connectivity index (χ2v) is 4.17. The molecule has 0 aliphatic rings. The zero-order valence-electron chi connectivity index (χ0n) is 10.4. The van der Waals surface area contributed by atoms with Gasteiger partial charge in [0.15, 0.2) is 17.5 Å². The fourth-order valence-electron chi connectivity index (χ4n) is 1.63. The maximum atomic E-state index is 13.3. The Labute approximate surface area is 116 Å². The highest BCUT2D eigenvalue weighted by atomic mass is 19.2. The van der Waals surface area contributed by atoms with Crippen LogP contribution in [0.4, 0.5) is 22.0 Å². The smallest absolute Gasteiger partial charge is 0.251 e. The lowest BCUT2D eigenvalue weighted by Crippen LogP contribution is -2.23. The highest BCUT2D eigenvalue weighted by molar-refractivity contribution is 5.94. The number of carbonyl (C=O) groups excluding carboxylic acids is 1. The van der Waals surface area contributed by atoms with Crippen LogP contribution in [0.5, 0.6) is 0 Å². The van der Waals surface area contributed by atoms with Gasteiger partial charge in [0.1, 0.15) is 11.6 Å². The van der Waals surface area contributed by atoms with Gasteiger partial charge in [-0.05, 0) is 18.2 Å². The number of halogens is 5. The maximum Gasteiger partial charge on any atom is 0.251 e. The minimum Gasteiger partial charge on any atom is -0.348 e. The monoisotopic (exact) mass is 301 g/mol. The van der Waals surface area contributed by atoms with Crippen LogP contribution in [0.25, 0.3) is 0 Å². The molecule has 0 bridgehead atoms. The van der Waals surface area contributed by atoms with E-state index in [1.54, 1.807) is 0 Å². The molecule has 0 unspecified atom stereocenters. The average Bonchev–Trinajstić information content (AvgIpc) is 2.43. The molecule has 21 heavy (non-hydrogen) atoms. The molecular weight excluding hydrogens is 293 g/mol. The van der Waals surface area contributed by atoms with E-state index in [9.17, 15) is 26.7 Å². The molecule has 0 aliphatic heterocycles. The molecule has 2 aromatic rings. The summed E-state index contributed by atoms with van der Waals surface area (Å²) in [5.74, 6) is -7.26. The van der Waals surface area contributed by atoms with E-state index in [4.69, 9.17) is 0 Å². The molecular formula is C14H8F5NO. The lowest BCUT2D eigenvalue weighted by Gasteiger charge is -2.07. The Kier molecular flexibility index (Phi) is 4.21. The molecule has 0 fully saturated rings. The van der Waals surface area contributed by atoms with E-state index in [0.29, 0.717) is 18.2 Å². The zero-order chi connectivity index (χ0) is 15.6. The van der Waals surface area contributed by atoms with Crippen LogP contribution in [-0.2, 0) is 6.54 Å². The van der Waals surface area contributed by atoms with Gasteiger partial charge in [0.05, 0.1) is 0 Å². The lowest BCUT2D eigenvalue weighted by molar-refractivity contribution is 0.0949. The number of hydrogen-bond acceptors (Lipinski definition) is 1. The minimum atomic E-state index is -1.68. The van der Waals surface area contributed by atoms with Gasteiger partial charge in [0.25, 0.3) is 5.91 Å². The largest absolute Gasteiger partial charge is 0.348 e. The molecule has 110 valence electrons. The summed E-state index contributed by atoms with van der Waals surface area (Å²) >= 11 is 0. The van der Waals surface area contributed by atoms with Crippen molar-refractivity contribution in [2.45, 2.75) is 6.54 Å². The summed E-state index contributed by atoms with van der Waals surface area (Å²) in [6, 6.07) is 3.81. The summed E-state index contributed by atoms with van der Waals surface area (Å²) < 4.78 is 64.7.